The molecule has 0 aromatic carbocycles. The molecule has 6 nitrogen and oxygen atoms in total. The van der Waals surface area contributed by atoms with Gasteiger partial charge in [0.2, 0.25) is 11.8 Å². The van der Waals surface area contributed by atoms with Crippen molar-refractivity contribution < 1.29 is 22.8 Å². The van der Waals surface area contributed by atoms with Gasteiger partial charge in [-0.2, -0.15) is 13.2 Å². The lowest BCUT2D eigenvalue weighted by molar-refractivity contribution is -0.184. The van der Waals surface area contributed by atoms with Crippen LogP contribution in [0.3, 0.4) is 0 Å². The predicted octanol–water partition coefficient (Wildman–Crippen LogP) is 1.15. The Hall–Kier alpha value is -1.06. The number of hydrogen-bond acceptors (Lipinski definition) is 4. The van der Waals surface area contributed by atoms with Crippen molar-refractivity contribution in [3.05, 3.63) is 0 Å². The summed E-state index contributed by atoms with van der Waals surface area (Å²) in [5.41, 5.74) is 0. The van der Waals surface area contributed by atoms with E-state index in [1.165, 1.54) is 9.80 Å². The second-order valence-corrected chi connectivity index (χ2v) is 6.63. The van der Waals surface area contributed by atoms with Crippen LogP contribution < -0.4 is 10.6 Å². The minimum Gasteiger partial charge on any atom is -0.353 e. The van der Waals surface area contributed by atoms with E-state index in [1.807, 2.05) is 0 Å². The van der Waals surface area contributed by atoms with Crippen molar-refractivity contribution in [2.24, 2.45) is 0 Å². The van der Waals surface area contributed by atoms with E-state index in [4.69, 9.17) is 0 Å². The van der Waals surface area contributed by atoms with Crippen LogP contribution in [0.15, 0.2) is 0 Å². The standard InChI is InChI=1S/C16H27F3N4O2.ClH/c17-16(18,19)13(22-9-6-20-7-10-22)11-21-14(24)12-23-8-4-2-1-3-5-15(23)25;/h13,20H,1-12H2,(H,21,24);1H. The SMILES string of the molecule is Cl.O=C(CN1CCCCCCC1=O)NCC(N1CCNCC1)C(F)(F)F. The van der Waals surface area contributed by atoms with Crippen molar-refractivity contribution >= 4 is 24.2 Å². The van der Waals surface area contributed by atoms with Crippen LogP contribution in [-0.4, -0.2) is 79.6 Å². The van der Waals surface area contributed by atoms with Crippen LogP contribution in [0.25, 0.3) is 0 Å². The predicted molar refractivity (Wildman–Crippen MR) is 94.2 cm³/mol. The second-order valence-electron chi connectivity index (χ2n) is 6.63. The number of piperazine rings is 1. The summed E-state index contributed by atoms with van der Waals surface area (Å²) in [5.74, 6) is -0.623. The molecule has 1 unspecified atom stereocenters. The van der Waals surface area contributed by atoms with Crippen LogP contribution in [-0.2, 0) is 9.59 Å². The van der Waals surface area contributed by atoms with Gasteiger partial charge in [-0.05, 0) is 12.8 Å². The normalized spacial score (nSPS) is 21.3. The number of alkyl halides is 3. The molecule has 152 valence electrons. The zero-order valence-corrected chi connectivity index (χ0v) is 15.6. The molecule has 0 spiro atoms. The topological polar surface area (TPSA) is 64.7 Å². The van der Waals surface area contributed by atoms with Gasteiger partial charge in [0.25, 0.3) is 0 Å². The third kappa shape index (κ3) is 7.28. The number of likely N-dealkylation sites (tertiary alicyclic amines) is 1. The lowest BCUT2D eigenvalue weighted by Crippen LogP contribution is -2.58. The summed E-state index contributed by atoms with van der Waals surface area (Å²) in [5, 5.41) is 5.39. The fourth-order valence-corrected chi connectivity index (χ4v) is 3.27. The van der Waals surface area contributed by atoms with Gasteiger partial charge in [0.05, 0.1) is 6.54 Å². The highest BCUT2D eigenvalue weighted by atomic mass is 35.5. The summed E-state index contributed by atoms with van der Waals surface area (Å²) in [6.07, 6.45) is -0.366. The van der Waals surface area contributed by atoms with Gasteiger partial charge in [-0.3, -0.25) is 14.5 Å². The van der Waals surface area contributed by atoms with Gasteiger partial charge in [0, 0.05) is 45.7 Å². The summed E-state index contributed by atoms with van der Waals surface area (Å²) in [6, 6.07) is -1.69. The van der Waals surface area contributed by atoms with Crippen molar-refractivity contribution in [2.75, 3.05) is 45.8 Å². The van der Waals surface area contributed by atoms with Gasteiger partial charge in [-0.15, -0.1) is 12.4 Å². The van der Waals surface area contributed by atoms with Crippen LogP contribution in [0.2, 0.25) is 0 Å². The van der Waals surface area contributed by atoms with Crippen LogP contribution >= 0.6 is 12.4 Å². The highest BCUT2D eigenvalue weighted by Crippen LogP contribution is 2.24. The van der Waals surface area contributed by atoms with Gasteiger partial charge < -0.3 is 15.5 Å². The quantitative estimate of drug-likeness (QED) is 0.726. The van der Waals surface area contributed by atoms with E-state index in [0.29, 0.717) is 39.1 Å². The van der Waals surface area contributed by atoms with Crippen LogP contribution in [0.5, 0.6) is 0 Å². The molecule has 2 N–H and O–H groups in total. The van der Waals surface area contributed by atoms with Gasteiger partial charge >= 0.3 is 6.18 Å². The summed E-state index contributed by atoms with van der Waals surface area (Å²) in [4.78, 5) is 26.9. The first-order valence-corrected chi connectivity index (χ1v) is 8.94. The number of hydrogen-bond donors (Lipinski definition) is 2. The Morgan fingerprint density at radius 1 is 1.12 bits per heavy atom. The van der Waals surface area contributed by atoms with Crippen molar-refractivity contribution in [1.29, 1.82) is 0 Å². The van der Waals surface area contributed by atoms with Crippen molar-refractivity contribution in [2.45, 2.75) is 44.3 Å². The van der Waals surface area contributed by atoms with E-state index in [-0.39, 0.29) is 24.9 Å². The molecule has 2 aliphatic heterocycles. The van der Waals surface area contributed by atoms with Gasteiger partial charge in [0.1, 0.15) is 6.04 Å². The molecule has 10 heteroatoms. The molecule has 2 aliphatic rings. The summed E-state index contributed by atoms with van der Waals surface area (Å²) >= 11 is 0. The number of amides is 2. The molecule has 0 saturated carbocycles. The molecule has 2 amide bonds. The number of carbonyl (C=O) groups excluding carboxylic acids is 2. The number of carbonyl (C=O) groups is 2. The first-order valence-electron chi connectivity index (χ1n) is 8.94. The molecule has 1 atom stereocenters. The Kier molecular flexibility index (Phi) is 9.67. The average molecular weight is 401 g/mol. The lowest BCUT2D eigenvalue weighted by Gasteiger charge is -2.36. The minimum absolute atomic E-state index is 0. The van der Waals surface area contributed by atoms with Crippen LogP contribution in [0.1, 0.15) is 32.1 Å². The van der Waals surface area contributed by atoms with Gasteiger partial charge in [-0.25, -0.2) is 0 Å². The molecular formula is C16H28ClF3N4O2. The first-order chi connectivity index (χ1) is 11.9. The fourth-order valence-electron chi connectivity index (χ4n) is 3.27. The molecule has 0 aromatic heterocycles. The minimum atomic E-state index is -4.40. The van der Waals surface area contributed by atoms with E-state index in [2.05, 4.69) is 10.6 Å². The molecule has 0 aromatic rings. The van der Waals surface area contributed by atoms with E-state index in [1.54, 1.807) is 0 Å². The zero-order valence-electron chi connectivity index (χ0n) is 14.8. The summed E-state index contributed by atoms with van der Waals surface area (Å²) in [7, 11) is 0. The fraction of sp³-hybridized carbons (Fsp3) is 0.875. The molecule has 2 rings (SSSR count). The maximum atomic E-state index is 13.3. The van der Waals surface area contributed by atoms with Gasteiger partial charge in [-0.1, -0.05) is 12.8 Å². The third-order valence-electron chi connectivity index (χ3n) is 4.72. The smallest absolute Gasteiger partial charge is 0.353 e. The van der Waals surface area contributed by atoms with Gasteiger partial charge in [0.15, 0.2) is 0 Å². The molecule has 2 saturated heterocycles. The number of rotatable bonds is 5. The number of nitrogens with one attached hydrogen (secondary N) is 2. The average Bonchev–Trinajstić information content (AvgIpc) is 2.54. The lowest BCUT2D eigenvalue weighted by atomic mass is 10.1. The Morgan fingerprint density at radius 3 is 2.42 bits per heavy atom. The van der Waals surface area contributed by atoms with E-state index in [0.717, 1.165) is 25.7 Å². The Bertz CT molecular complexity index is 459. The Labute approximate surface area is 158 Å². The van der Waals surface area contributed by atoms with Crippen LogP contribution in [0, 0.1) is 0 Å². The van der Waals surface area contributed by atoms with Crippen molar-refractivity contribution in [1.82, 2.24) is 20.4 Å². The number of nitrogens with zero attached hydrogens (tertiary/aromatic N) is 2. The molecule has 2 heterocycles. The van der Waals surface area contributed by atoms with Crippen molar-refractivity contribution in [3.8, 4) is 0 Å². The van der Waals surface area contributed by atoms with Crippen molar-refractivity contribution in [3.63, 3.8) is 0 Å². The van der Waals surface area contributed by atoms with Crippen LogP contribution in [0.4, 0.5) is 13.2 Å². The van der Waals surface area contributed by atoms with E-state index in [9.17, 15) is 22.8 Å². The zero-order chi connectivity index (χ0) is 18.3. The highest BCUT2D eigenvalue weighted by molar-refractivity contribution is 5.85. The molecule has 2 fully saturated rings. The maximum absolute atomic E-state index is 13.3. The van der Waals surface area contributed by atoms with E-state index < -0.39 is 24.7 Å². The molecular weight excluding hydrogens is 373 g/mol. The molecule has 0 radical (unpaired) electrons. The third-order valence-corrected chi connectivity index (χ3v) is 4.72. The number of halogens is 4. The highest BCUT2D eigenvalue weighted by Gasteiger charge is 2.43. The summed E-state index contributed by atoms with van der Waals surface area (Å²) in [6.45, 7) is 1.45. The molecule has 0 bridgehead atoms. The first kappa shape index (κ1) is 23.0. The summed E-state index contributed by atoms with van der Waals surface area (Å²) < 4.78 is 39.9. The Morgan fingerprint density at radius 2 is 1.77 bits per heavy atom. The maximum Gasteiger partial charge on any atom is 0.405 e. The largest absolute Gasteiger partial charge is 0.405 e. The molecule has 0 aliphatic carbocycles. The Balaban J connectivity index is 0.00000338. The molecule has 26 heavy (non-hydrogen) atoms. The van der Waals surface area contributed by atoms with E-state index >= 15 is 0 Å². The monoisotopic (exact) mass is 400 g/mol. The second kappa shape index (κ2) is 10.9.